The number of rotatable bonds is 6. The molecular weight excluding hydrogens is 284 g/mol. The molecule has 112 valence electrons. The van der Waals surface area contributed by atoms with Crippen molar-refractivity contribution in [1.82, 2.24) is 4.98 Å². The van der Waals surface area contributed by atoms with Crippen LogP contribution in [0.25, 0.3) is 0 Å². The fourth-order valence-corrected chi connectivity index (χ4v) is 2.90. The first-order valence-electron chi connectivity index (χ1n) is 7.14. The molecule has 0 aliphatic heterocycles. The second-order valence-electron chi connectivity index (χ2n) is 4.67. The number of aryl methyl sites for hydroxylation is 2. The lowest BCUT2D eigenvalue weighted by atomic mass is 10.2. The molecular formula is C16H20N2O2S. The van der Waals surface area contributed by atoms with Crippen LogP contribution in [0.4, 0.5) is 5.69 Å². The van der Waals surface area contributed by atoms with Crippen molar-refractivity contribution in [1.29, 1.82) is 0 Å². The zero-order valence-electron chi connectivity index (χ0n) is 12.6. The van der Waals surface area contributed by atoms with Gasteiger partial charge in [-0.25, -0.2) is 4.98 Å². The second kappa shape index (κ2) is 7.22. The Morgan fingerprint density at radius 1 is 1.29 bits per heavy atom. The maximum atomic E-state index is 12.4. The Kier molecular flexibility index (Phi) is 5.33. The largest absolute Gasteiger partial charge is 0.494 e. The predicted molar refractivity (Wildman–Crippen MR) is 86.4 cm³/mol. The number of ether oxygens (including phenoxy) is 1. The number of thiazole rings is 1. The molecule has 0 spiro atoms. The molecule has 0 atom stereocenters. The molecule has 0 aliphatic carbocycles. The SMILES string of the molecule is CCCc1nc(C)sc1C(=O)Nc1ccc(OCC)cc1. The van der Waals surface area contributed by atoms with Gasteiger partial charge in [0.1, 0.15) is 10.6 Å². The number of hydrogen-bond acceptors (Lipinski definition) is 4. The van der Waals surface area contributed by atoms with Crippen LogP contribution in [0.3, 0.4) is 0 Å². The summed E-state index contributed by atoms with van der Waals surface area (Å²) in [5.74, 6) is 0.712. The lowest BCUT2D eigenvalue weighted by molar-refractivity contribution is 0.102. The Hall–Kier alpha value is -1.88. The number of carbonyl (C=O) groups excluding carboxylic acids is 1. The smallest absolute Gasteiger partial charge is 0.267 e. The summed E-state index contributed by atoms with van der Waals surface area (Å²) in [7, 11) is 0. The monoisotopic (exact) mass is 304 g/mol. The highest BCUT2D eigenvalue weighted by Gasteiger charge is 2.16. The summed E-state index contributed by atoms with van der Waals surface area (Å²) in [6.45, 7) is 6.59. The van der Waals surface area contributed by atoms with Crippen LogP contribution in [0.1, 0.15) is 40.6 Å². The van der Waals surface area contributed by atoms with Crippen LogP contribution in [0.2, 0.25) is 0 Å². The molecule has 0 bridgehead atoms. The molecule has 1 aromatic heterocycles. The van der Waals surface area contributed by atoms with Gasteiger partial charge in [-0.2, -0.15) is 0 Å². The fraction of sp³-hybridized carbons (Fsp3) is 0.375. The number of hydrogen-bond donors (Lipinski definition) is 1. The molecule has 21 heavy (non-hydrogen) atoms. The van der Waals surface area contributed by atoms with Crippen LogP contribution in [0, 0.1) is 6.92 Å². The standard InChI is InChI=1S/C16H20N2O2S/c1-4-6-14-15(21-11(3)17-14)16(19)18-12-7-9-13(10-8-12)20-5-2/h7-10H,4-6H2,1-3H3,(H,18,19). The van der Waals surface area contributed by atoms with Crippen molar-refractivity contribution in [2.45, 2.75) is 33.6 Å². The molecule has 4 nitrogen and oxygen atoms in total. The van der Waals surface area contributed by atoms with Crippen molar-refractivity contribution in [2.75, 3.05) is 11.9 Å². The van der Waals surface area contributed by atoms with Crippen molar-refractivity contribution in [3.8, 4) is 5.75 Å². The minimum atomic E-state index is -0.0896. The normalized spacial score (nSPS) is 10.4. The van der Waals surface area contributed by atoms with Crippen LogP contribution < -0.4 is 10.1 Å². The Bertz CT molecular complexity index is 605. The van der Waals surface area contributed by atoms with Gasteiger partial charge in [0.25, 0.3) is 5.91 Å². The van der Waals surface area contributed by atoms with Gasteiger partial charge < -0.3 is 10.1 Å². The number of benzene rings is 1. The summed E-state index contributed by atoms with van der Waals surface area (Å²) in [5.41, 5.74) is 1.65. The molecule has 5 heteroatoms. The lowest BCUT2D eigenvalue weighted by Crippen LogP contribution is -2.12. The molecule has 0 fully saturated rings. The number of carbonyl (C=O) groups is 1. The van der Waals surface area contributed by atoms with Crippen molar-refractivity contribution in [2.24, 2.45) is 0 Å². The number of amides is 1. The van der Waals surface area contributed by atoms with Crippen molar-refractivity contribution in [3.05, 3.63) is 39.8 Å². The van der Waals surface area contributed by atoms with Gasteiger partial charge in [0.05, 0.1) is 17.3 Å². The van der Waals surface area contributed by atoms with E-state index in [4.69, 9.17) is 4.74 Å². The number of anilines is 1. The molecule has 0 unspecified atom stereocenters. The summed E-state index contributed by atoms with van der Waals surface area (Å²) in [6.07, 6.45) is 1.81. The van der Waals surface area contributed by atoms with Gasteiger partial charge in [-0.15, -0.1) is 11.3 Å². The molecule has 0 saturated heterocycles. The number of nitrogens with zero attached hydrogens (tertiary/aromatic N) is 1. The Morgan fingerprint density at radius 2 is 2.00 bits per heavy atom. The van der Waals surface area contributed by atoms with Gasteiger partial charge in [-0.1, -0.05) is 13.3 Å². The van der Waals surface area contributed by atoms with Crippen LogP contribution >= 0.6 is 11.3 Å². The van der Waals surface area contributed by atoms with Crippen LogP contribution in [-0.2, 0) is 6.42 Å². The molecule has 1 heterocycles. The molecule has 1 amide bonds. The maximum absolute atomic E-state index is 12.4. The summed E-state index contributed by atoms with van der Waals surface area (Å²) in [4.78, 5) is 17.5. The molecule has 1 aromatic carbocycles. The van der Waals surface area contributed by atoms with E-state index in [0.717, 1.165) is 35.0 Å². The van der Waals surface area contributed by atoms with E-state index < -0.39 is 0 Å². The van der Waals surface area contributed by atoms with Crippen LogP contribution in [0.15, 0.2) is 24.3 Å². The van der Waals surface area contributed by atoms with Crippen LogP contribution in [0.5, 0.6) is 5.75 Å². The average molecular weight is 304 g/mol. The lowest BCUT2D eigenvalue weighted by Gasteiger charge is -2.07. The molecule has 2 rings (SSSR count). The van der Waals surface area contributed by atoms with Gasteiger partial charge in [0, 0.05) is 5.69 Å². The Morgan fingerprint density at radius 3 is 2.62 bits per heavy atom. The van der Waals surface area contributed by atoms with Gasteiger partial charge in [-0.05, 0) is 44.5 Å². The van der Waals surface area contributed by atoms with E-state index in [1.165, 1.54) is 11.3 Å². The first-order valence-corrected chi connectivity index (χ1v) is 7.96. The van der Waals surface area contributed by atoms with E-state index in [0.29, 0.717) is 11.5 Å². The summed E-state index contributed by atoms with van der Waals surface area (Å²) >= 11 is 1.45. The molecule has 0 aliphatic rings. The predicted octanol–water partition coefficient (Wildman–Crippen LogP) is 4.06. The maximum Gasteiger partial charge on any atom is 0.267 e. The highest BCUT2D eigenvalue weighted by atomic mass is 32.1. The third kappa shape index (κ3) is 4.04. The minimum Gasteiger partial charge on any atom is -0.494 e. The second-order valence-corrected chi connectivity index (χ2v) is 5.87. The van der Waals surface area contributed by atoms with E-state index in [2.05, 4.69) is 17.2 Å². The van der Waals surface area contributed by atoms with Gasteiger partial charge in [-0.3, -0.25) is 4.79 Å². The molecule has 2 aromatic rings. The van der Waals surface area contributed by atoms with E-state index in [-0.39, 0.29) is 5.91 Å². The highest BCUT2D eigenvalue weighted by molar-refractivity contribution is 7.13. The summed E-state index contributed by atoms with van der Waals surface area (Å²) in [6, 6.07) is 7.39. The van der Waals surface area contributed by atoms with Gasteiger partial charge in [0.2, 0.25) is 0 Å². The third-order valence-corrected chi connectivity index (χ3v) is 3.93. The topological polar surface area (TPSA) is 51.2 Å². The van der Waals surface area contributed by atoms with E-state index >= 15 is 0 Å². The Balaban J connectivity index is 2.10. The third-order valence-electron chi connectivity index (χ3n) is 2.92. The fourth-order valence-electron chi connectivity index (χ4n) is 2.04. The average Bonchev–Trinajstić information content (AvgIpc) is 2.83. The van der Waals surface area contributed by atoms with Gasteiger partial charge >= 0.3 is 0 Å². The quantitative estimate of drug-likeness (QED) is 0.875. The molecule has 0 radical (unpaired) electrons. The first kappa shape index (κ1) is 15.5. The Labute approximate surface area is 129 Å². The number of aromatic nitrogens is 1. The van der Waals surface area contributed by atoms with E-state index in [9.17, 15) is 4.79 Å². The van der Waals surface area contributed by atoms with Crippen molar-refractivity contribution < 1.29 is 9.53 Å². The minimum absolute atomic E-state index is 0.0896. The zero-order valence-corrected chi connectivity index (χ0v) is 13.4. The molecule has 0 saturated carbocycles. The summed E-state index contributed by atoms with van der Waals surface area (Å²) in [5, 5.41) is 3.84. The first-order chi connectivity index (χ1) is 10.1. The zero-order chi connectivity index (χ0) is 15.2. The van der Waals surface area contributed by atoms with E-state index in [1.54, 1.807) is 0 Å². The molecule has 1 N–H and O–H groups in total. The number of nitrogens with one attached hydrogen (secondary N) is 1. The summed E-state index contributed by atoms with van der Waals surface area (Å²) < 4.78 is 5.38. The highest BCUT2D eigenvalue weighted by Crippen LogP contribution is 2.22. The van der Waals surface area contributed by atoms with Gasteiger partial charge in [0.15, 0.2) is 0 Å². The van der Waals surface area contributed by atoms with E-state index in [1.807, 2.05) is 38.1 Å². The van der Waals surface area contributed by atoms with Crippen LogP contribution in [-0.4, -0.2) is 17.5 Å². The van der Waals surface area contributed by atoms with Crippen molar-refractivity contribution >= 4 is 22.9 Å². The van der Waals surface area contributed by atoms with Crippen molar-refractivity contribution in [3.63, 3.8) is 0 Å².